The largest absolute Gasteiger partial charge is 0.457 e. The number of halogens is 3. The van der Waals surface area contributed by atoms with Gasteiger partial charge in [0.1, 0.15) is 22.4 Å². The average molecular weight is 495 g/mol. The fourth-order valence-electron chi connectivity index (χ4n) is 3.29. The summed E-state index contributed by atoms with van der Waals surface area (Å²) in [5.74, 6) is -0.432. The van der Waals surface area contributed by atoms with Crippen LogP contribution in [0.1, 0.15) is 16.7 Å². The van der Waals surface area contributed by atoms with Crippen molar-refractivity contribution in [3.63, 3.8) is 0 Å². The second-order valence-corrected chi connectivity index (χ2v) is 9.22. The second-order valence-electron chi connectivity index (χ2n) is 7.34. The topological polar surface area (TPSA) is 67.9 Å². The van der Waals surface area contributed by atoms with Gasteiger partial charge in [0.15, 0.2) is 0 Å². The smallest absolute Gasteiger partial charge is 0.419 e. The summed E-state index contributed by atoms with van der Waals surface area (Å²) < 4.78 is 51.9. The van der Waals surface area contributed by atoms with Gasteiger partial charge in [-0.15, -0.1) is 0 Å². The van der Waals surface area contributed by atoms with E-state index in [-0.39, 0.29) is 30.4 Å². The van der Waals surface area contributed by atoms with Crippen molar-refractivity contribution in [3.05, 3.63) is 64.9 Å². The van der Waals surface area contributed by atoms with E-state index in [1.807, 2.05) is 0 Å². The number of benzene rings is 2. The summed E-state index contributed by atoms with van der Waals surface area (Å²) in [5.41, 5.74) is 0.824. The van der Waals surface area contributed by atoms with Crippen molar-refractivity contribution in [2.24, 2.45) is 0 Å². The summed E-state index contributed by atoms with van der Waals surface area (Å²) in [6.07, 6.45) is -3.23. The highest BCUT2D eigenvalue weighted by Gasteiger charge is 2.36. The number of nitrogens with one attached hydrogen (secondary N) is 1. The number of hydrogen-bond donors (Lipinski definition) is 1. The lowest BCUT2D eigenvalue weighted by atomic mass is 10.0. The lowest BCUT2D eigenvalue weighted by molar-refractivity contribution is -0.138. The van der Waals surface area contributed by atoms with Crippen molar-refractivity contribution in [3.8, 4) is 11.5 Å². The van der Waals surface area contributed by atoms with Gasteiger partial charge in [-0.1, -0.05) is 42.2 Å². The van der Waals surface area contributed by atoms with Crippen LogP contribution in [0.25, 0.3) is 6.08 Å². The Labute approximate surface area is 196 Å². The first-order valence-electron chi connectivity index (χ1n) is 9.71. The number of thiocarbonyl (C=S) groups is 1. The van der Waals surface area contributed by atoms with Gasteiger partial charge in [0.2, 0.25) is 5.91 Å². The Balaban J connectivity index is 1.52. The number of hydrogen-bond acceptors (Lipinski definition) is 6. The molecule has 1 unspecified atom stereocenters. The summed E-state index contributed by atoms with van der Waals surface area (Å²) in [5, 5.41) is 1.92. The molecule has 1 N–H and O–H groups in total. The molecule has 6 nitrogen and oxygen atoms in total. The van der Waals surface area contributed by atoms with Crippen LogP contribution in [0.3, 0.4) is 0 Å². The molecule has 1 atom stereocenters. The fraction of sp³-hybridized carbons (Fsp3) is 0.227. The van der Waals surface area contributed by atoms with Crippen molar-refractivity contribution >= 4 is 46.4 Å². The number of thioether (sulfide) groups is 1. The minimum atomic E-state index is -4.64. The quantitative estimate of drug-likeness (QED) is 0.592. The van der Waals surface area contributed by atoms with E-state index in [0.717, 1.165) is 23.4 Å². The van der Waals surface area contributed by atoms with Crippen LogP contribution in [0.15, 0.2) is 48.2 Å². The average Bonchev–Trinajstić information content (AvgIpc) is 3.24. The molecule has 4 rings (SSSR count). The van der Waals surface area contributed by atoms with Gasteiger partial charge in [0.25, 0.3) is 0 Å². The van der Waals surface area contributed by atoms with Crippen LogP contribution in [0.2, 0.25) is 0 Å². The highest BCUT2D eigenvalue weighted by molar-refractivity contribution is 8.24. The fourth-order valence-corrected chi connectivity index (χ4v) is 4.60. The molecular weight excluding hydrogens is 477 g/mol. The molecule has 2 amide bonds. The minimum absolute atomic E-state index is 0.115. The number of ether oxygens (including phenoxy) is 2. The standard InChI is InChI=1S/C22H17F3N2O4S2/c1-27-14(11-30-21(27)29)8-12-2-5-15(6-3-12)31-17-7-4-13(9-16(17)22(23,24)25)10-18-19(28)26-20(32)33-18/h2-9,18H,10-11H2,1H3,(H,26,28,32)/b14-8+. The van der Waals surface area contributed by atoms with Gasteiger partial charge >= 0.3 is 12.3 Å². The molecule has 0 bridgehead atoms. The Kier molecular flexibility index (Phi) is 6.35. The summed E-state index contributed by atoms with van der Waals surface area (Å²) >= 11 is 6.06. The molecule has 172 valence electrons. The van der Waals surface area contributed by atoms with Gasteiger partial charge in [0.05, 0.1) is 16.5 Å². The zero-order chi connectivity index (χ0) is 23.8. The first-order valence-corrected chi connectivity index (χ1v) is 11.0. The van der Waals surface area contributed by atoms with E-state index in [4.69, 9.17) is 21.7 Å². The SMILES string of the molecule is CN1C(=O)OC/C1=C\c1ccc(Oc2ccc(CC3SC(=S)NC3=O)cc2C(F)(F)F)cc1. The molecule has 0 spiro atoms. The van der Waals surface area contributed by atoms with E-state index in [2.05, 4.69) is 5.32 Å². The van der Waals surface area contributed by atoms with Crippen LogP contribution in [-0.2, 0) is 22.1 Å². The number of carbonyl (C=O) groups is 2. The number of carbonyl (C=O) groups excluding carboxylic acids is 2. The van der Waals surface area contributed by atoms with Gasteiger partial charge in [-0.05, 0) is 47.9 Å². The molecule has 0 aliphatic carbocycles. The third-order valence-electron chi connectivity index (χ3n) is 5.03. The molecule has 2 aliphatic heterocycles. The summed E-state index contributed by atoms with van der Waals surface area (Å²) in [6.45, 7) is 0.154. The number of amides is 2. The van der Waals surface area contributed by atoms with E-state index < -0.39 is 23.1 Å². The Bertz CT molecular complexity index is 1150. The molecule has 2 aliphatic rings. The number of alkyl halides is 3. The van der Waals surface area contributed by atoms with E-state index in [9.17, 15) is 22.8 Å². The molecule has 33 heavy (non-hydrogen) atoms. The van der Waals surface area contributed by atoms with E-state index in [0.29, 0.717) is 15.6 Å². The third-order valence-corrected chi connectivity index (χ3v) is 6.40. The molecule has 0 radical (unpaired) electrons. The number of cyclic esters (lactones) is 1. The Morgan fingerprint density at radius 3 is 2.55 bits per heavy atom. The van der Waals surface area contributed by atoms with Gasteiger partial charge in [-0.2, -0.15) is 13.2 Å². The van der Waals surface area contributed by atoms with Crippen LogP contribution in [-0.4, -0.2) is 40.1 Å². The molecule has 2 fully saturated rings. The first kappa shape index (κ1) is 23.1. The second kappa shape index (κ2) is 9.06. The van der Waals surface area contributed by atoms with Crippen LogP contribution in [0.4, 0.5) is 18.0 Å². The Hall–Kier alpha value is -3.05. The van der Waals surface area contributed by atoms with Crippen LogP contribution in [0.5, 0.6) is 11.5 Å². The minimum Gasteiger partial charge on any atom is -0.457 e. The van der Waals surface area contributed by atoms with E-state index >= 15 is 0 Å². The highest BCUT2D eigenvalue weighted by Crippen LogP contribution is 2.39. The van der Waals surface area contributed by atoms with Crippen molar-refractivity contribution in [1.82, 2.24) is 10.2 Å². The van der Waals surface area contributed by atoms with Crippen LogP contribution >= 0.6 is 24.0 Å². The molecule has 2 aromatic carbocycles. The Morgan fingerprint density at radius 2 is 1.97 bits per heavy atom. The van der Waals surface area contributed by atoms with Crippen molar-refractivity contribution in [2.75, 3.05) is 13.7 Å². The number of nitrogens with zero attached hydrogens (tertiary/aromatic N) is 1. The molecule has 2 heterocycles. The molecule has 2 saturated heterocycles. The van der Waals surface area contributed by atoms with Gasteiger partial charge in [0, 0.05) is 7.05 Å². The van der Waals surface area contributed by atoms with Crippen molar-refractivity contribution in [2.45, 2.75) is 17.8 Å². The molecule has 0 saturated carbocycles. The maximum atomic E-state index is 13.7. The zero-order valence-corrected chi connectivity index (χ0v) is 18.8. The van der Waals surface area contributed by atoms with Crippen molar-refractivity contribution in [1.29, 1.82) is 0 Å². The van der Waals surface area contributed by atoms with Gasteiger partial charge in [-0.3, -0.25) is 9.69 Å². The molecule has 2 aromatic rings. The summed E-state index contributed by atoms with van der Waals surface area (Å²) in [6, 6.07) is 10.2. The van der Waals surface area contributed by atoms with E-state index in [1.54, 1.807) is 37.4 Å². The van der Waals surface area contributed by atoms with Gasteiger partial charge < -0.3 is 14.8 Å². The molecule has 0 aromatic heterocycles. The van der Waals surface area contributed by atoms with Crippen molar-refractivity contribution < 1.29 is 32.2 Å². The Morgan fingerprint density at radius 1 is 1.24 bits per heavy atom. The molecular formula is C22H17F3N2O4S2. The zero-order valence-electron chi connectivity index (χ0n) is 17.1. The highest BCUT2D eigenvalue weighted by atomic mass is 32.2. The monoisotopic (exact) mass is 494 g/mol. The summed E-state index contributed by atoms with van der Waals surface area (Å²) in [4.78, 5) is 24.7. The predicted molar refractivity (Wildman–Crippen MR) is 121 cm³/mol. The van der Waals surface area contributed by atoms with Crippen LogP contribution < -0.4 is 10.1 Å². The van der Waals surface area contributed by atoms with Gasteiger partial charge in [-0.25, -0.2) is 4.79 Å². The number of likely N-dealkylation sites (N-methyl/N-ethyl adjacent to an activating group) is 1. The maximum Gasteiger partial charge on any atom is 0.419 e. The number of rotatable bonds is 5. The first-order chi connectivity index (χ1) is 15.6. The lowest BCUT2D eigenvalue weighted by Gasteiger charge is -2.16. The predicted octanol–water partition coefficient (Wildman–Crippen LogP) is 4.98. The van der Waals surface area contributed by atoms with E-state index in [1.165, 1.54) is 17.0 Å². The summed E-state index contributed by atoms with van der Waals surface area (Å²) in [7, 11) is 1.59. The third kappa shape index (κ3) is 5.31. The molecule has 11 heteroatoms. The lowest BCUT2D eigenvalue weighted by Crippen LogP contribution is -2.25. The normalized spacial score (nSPS) is 19.8. The van der Waals surface area contributed by atoms with Crippen LogP contribution in [0, 0.1) is 0 Å². The maximum absolute atomic E-state index is 13.7.